The zero-order chi connectivity index (χ0) is 18.9. The molecule has 0 unspecified atom stereocenters. The molecule has 2 aromatic carbocycles. The number of anilines is 1. The smallest absolute Gasteiger partial charge is 0.341 e. The first-order chi connectivity index (χ1) is 12.5. The van der Waals surface area contributed by atoms with Crippen molar-refractivity contribution in [2.45, 2.75) is 0 Å². The predicted octanol–water partition coefficient (Wildman–Crippen LogP) is 2.70. The lowest BCUT2D eigenvalue weighted by atomic mass is 10.1. The van der Waals surface area contributed by atoms with Crippen LogP contribution in [0.2, 0.25) is 0 Å². The summed E-state index contributed by atoms with van der Waals surface area (Å²) in [6.07, 6.45) is 1.43. The number of carbonyl (C=O) groups excluding carboxylic acids is 1. The van der Waals surface area contributed by atoms with Gasteiger partial charge in [-0.1, -0.05) is 12.1 Å². The molecular weight excluding hydrogens is 336 g/mol. The van der Waals surface area contributed by atoms with Crippen molar-refractivity contribution in [2.24, 2.45) is 0 Å². The molecule has 0 radical (unpaired) electrons. The molecule has 2 rings (SSSR count). The van der Waals surface area contributed by atoms with Crippen LogP contribution in [0.15, 0.2) is 54.1 Å². The average molecular weight is 352 g/mol. The van der Waals surface area contributed by atoms with Gasteiger partial charge in [0.1, 0.15) is 23.1 Å². The van der Waals surface area contributed by atoms with Crippen LogP contribution in [-0.2, 0) is 9.59 Å². The molecule has 26 heavy (non-hydrogen) atoms. The third kappa shape index (κ3) is 5.39. The third-order valence-electron chi connectivity index (χ3n) is 3.27. The number of carboxylic acid groups (broad SMARTS) is 1. The van der Waals surface area contributed by atoms with E-state index in [9.17, 15) is 14.9 Å². The van der Waals surface area contributed by atoms with Crippen molar-refractivity contribution in [3.05, 3.63) is 59.7 Å². The summed E-state index contributed by atoms with van der Waals surface area (Å²) in [5.74, 6) is -0.574. The van der Waals surface area contributed by atoms with Crippen LogP contribution in [0, 0.1) is 11.3 Å². The minimum atomic E-state index is -1.07. The topological polar surface area (TPSA) is 109 Å². The number of rotatable bonds is 7. The van der Waals surface area contributed by atoms with E-state index in [4.69, 9.17) is 14.6 Å². The maximum Gasteiger partial charge on any atom is 0.341 e. The Kier molecular flexibility index (Phi) is 6.34. The molecule has 0 aromatic heterocycles. The molecule has 0 spiro atoms. The van der Waals surface area contributed by atoms with Crippen molar-refractivity contribution < 1.29 is 24.2 Å². The number of carboxylic acids is 1. The zero-order valence-corrected chi connectivity index (χ0v) is 13.9. The summed E-state index contributed by atoms with van der Waals surface area (Å²) in [4.78, 5) is 22.7. The number of ether oxygens (including phenoxy) is 2. The van der Waals surface area contributed by atoms with E-state index in [0.717, 1.165) is 0 Å². The van der Waals surface area contributed by atoms with Crippen molar-refractivity contribution in [1.82, 2.24) is 0 Å². The van der Waals surface area contributed by atoms with Crippen LogP contribution >= 0.6 is 0 Å². The molecule has 1 amide bonds. The average Bonchev–Trinajstić information content (AvgIpc) is 2.65. The number of amides is 1. The first kappa shape index (κ1) is 18.5. The largest absolute Gasteiger partial charge is 0.497 e. The Balaban J connectivity index is 2.07. The van der Waals surface area contributed by atoms with Gasteiger partial charge in [-0.15, -0.1) is 0 Å². The maximum atomic E-state index is 12.2. The highest BCUT2D eigenvalue weighted by Crippen LogP contribution is 2.17. The van der Waals surface area contributed by atoms with Crippen molar-refractivity contribution in [1.29, 1.82) is 5.26 Å². The second kappa shape index (κ2) is 8.89. The number of hydrogen-bond donors (Lipinski definition) is 2. The summed E-state index contributed by atoms with van der Waals surface area (Å²) < 4.78 is 10.1. The molecule has 7 heteroatoms. The van der Waals surface area contributed by atoms with Crippen LogP contribution in [0.1, 0.15) is 5.56 Å². The molecule has 7 nitrogen and oxygen atoms in total. The molecular formula is C19H16N2O5. The van der Waals surface area contributed by atoms with Gasteiger partial charge in [0.25, 0.3) is 5.91 Å². The standard InChI is InChI=1S/C19H16N2O5/c1-25-16-8-4-15(5-9-16)21-19(24)14(11-20)10-13-2-6-17(7-3-13)26-12-18(22)23/h2-10H,12H2,1H3,(H,21,24)(H,22,23)/b14-10+. The Morgan fingerprint density at radius 2 is 1.73 bits per heavy atom. The van der Waals surface area contributed by atoms with Gasteiger partial charge < -0.3 is 19.9 Å². The minimum absolute atomic E-state index is 0.0694. The van der Waals surface area contributed by atoms with Crippen LogP contribution in [-0.4, -0.2) is 30.7 Å². The van der Waals surface area contributed by atoms with Gasteiger partial charge in [0, 0.05) is 5.69 Å². The summed E-state index contributed by atoms with van der Waals surface area (Å²) in [7, 11) is 1.54. The van der Waals surface area contributed by atoms with Crippen molar-refractivity contribution in [3.63, 3.8) is 0 Å². The summed E-state index contributed by atoms with van der Waals surface area (Å²) >= 11 is 0. The Morgan fingerprint density at radius 3 is 2.27 bits per heavy atom. The molecule has 0 saturated carbocycles. The molecule has 0 atom stereocenters. The Morgan fingerprint density at radius 1 is 1.12 bits per heavy atom. The summed E-state index contributed by atoms with van der Waals surface area (Å²) in [5.41, 5.74) is 1.07. The normalized spacial score (nSPS) is 10.5. The number of methoxy groups -OCH3 is 1. The van der Waals surface area contributed by atoms with Crippen molar-refractivity contribution in [2.75, 3.05) is 19.0 Å². The highest BCUT2D eigenvalue weighted by atomic mass is 16.5. The fourth-order valence-electron chi connectivity index (χ4n) is 1.99. The fraction of sp³-hybridized carbons (Fsp3) is 0.105. The highest BCUT2D eigenvalue weighted by molar-refractivity contribution is 6.09. The Hall–Kier alpha value is -3.79. The van der Waals surface area contributed by atoms with Gasteiger partial charge in [-0.2, -0.15) is 5.26 Å². The molecule has 0 heterocycles. The minimum Gasteiger partial charge on any atom is -0.497 e. The number of nitriles is 1. The second-order valence-corrected chi connectivity index (χ2v) is 5.10. The molecule has 0 fully saturated rings. The van der Waals surface area contributed by atoms with E-state index in [1.165, 1.54) is 6.08 Å². The molecule has 0 aliphatic heterocycles. The first-order valence-corrected chi connectivity index (χ1v) is 7.53. The van der Waals surface area contributed by atoms with Gasteiger partial charge in [-0.05, 0) is 48.0 Å². The Labute approximate surface area is 150 Å². The van der Waals surface area contributed by atoms with E-state index in [0.29, 0.717) is 22.7 Å². The van der Waals surface area contributed by atoms with E-state index in [-0.39, 0.29) is 5.57 Å². The molecule has 0 aliphatic rings. The number of nitrogens with one attached hydrogen (secondary N) is 1. The lowest BCUT2D eigenvalue weighted by molar-refractivity contribution is -0.139. The van der Waals surface area contributed by atoms with Gasteiger partial charge in [0.15, 0.2) is 6.61 Å². The second-order valence-electron chi connectivity index (χ2n) is 5.10. The van der Waals surface area contributed by atoms with Crippen molar-refractivity contribution >= 4 is 23.6 Å². The zero-order valence-electron chi connectivity index (χ0n) is 13.9. The summed E-state index contributed by atoms with van der Waals surface area (Å²) in [5, 5.41) is 20.4. The van der Waals surface area contributed by atoms with E-state index in [1.54, 1.807) is 55.6 Å². The van der Waals surface area contributed by atoms with E-state index in [2.05, 4.69) is 5.32 Å². The fourth-order valence-corrected chi connectivity index (χ4v) is 1.99. The number of aliphatic carboxylic acids is 1. The lowest BCUT2D eigenvalue weighted by Crippen LogP contribution is -2.13. The van der Waals surface area contributed by atoms with Gasteiger partial charge in [0.2, 0.25) is 0 Å². The number of benzene rings is 2. The molecule has 2 N–H and O–H groups in total. The van der Waals surface area contributed by atoms with Crippen LogP contribution in [0.5, 0.6) is 11.5 Å². The van der Waals surface area contributed by atoms with Crippen molar-refractivity contribution in [3.8, 4) is 17.6 Å². The maximum absolute atomic E-state index is 12.2. The van der Waals surface area contributed by atoms with Crippen LogP contribution in [0.3, 0.4) is 0 Å². The summed E-state index contributed by atoms with van der Waals surface area (Å²) in [6.45, 7) is -0.442. The molecule has 0 bridgehead atoms. The lowest BCUT2D eigenvalue weighted by Gasteiger charge is -2.06. The Bertz CT molecular complexity index is 849. The van der Waals surface area contributed by atoms with E-state index < -0.39 is 18.5 Å². The van der Waals surface area contributed by atoms with E-state index >= 15 is 0 Å². The molecule has 132 valence electrons. The SMILES string of the molecule is COc1ccc(NC(=O)/C(C#N)=C/c2ccc(OCC(=O)O)cc2)cc1. The van der Waals surface area contributed by atoms with Crippen LogP contribution in [0.25, 0.3) is 6.08 Å². The van der Waals surface area contributed by atoms with Crippen LogP contribution in [0.4, 0.5) is 5.69 Å². The van der Waals surface area contributed by atoms with Gasteiger partial charge in [0.05, 0.1) is 7.11 Å². The highest BCUT2D eigenvalue weighted by Gasteiger charge is 2.10. The molecule has 0 aliphatic carbocycles. The van der Waals surface area contributed by atoms with E-state index in [1.807, 2.05) is 6.07 Å². The molecule has 2 aromatic rings. The monoisotopic (exact) mass is 352 g/mol. The van der Waals surface area contributed by atoms with Gasteiger partial charge in [-0.25, -0.2) is 4.79 Å². The number of hydrogen-bond acceptors (Lipinski definition) is 5. The summed E-state index contributed by atoms with van der Waals surface area (Å²) in [6, 6.07) is 15.0. The van der Waals surface area contributed by atoms with Gasteiger partial charge in [-0.3, -0.25) is 4.79 Å². The number of carbonyl (C=O) groups is 2. The molecule has 0 saturated heterocycles. The predicted molar refractivity (Wildman–Crippen MR) is 94.8 cm³/mol. The van der Waals surface area contributed by atoms with Gasteiger partial charge >= 0.3 is 5.97 Å². The quantitative estimate of drug-likeness (QED) is 0.586. The number of nitrogens with zero attached hydrogens (tertiary/aromatic N) is 1. The first-order valence-electron chi connectivity index (χ1n) is 7.53. The van der Waals surface area contributed by atoms with Crippen LogP contribution < -0.4 is 14.8 Å². The third-order valence-corrected chi connectivity index (χ3v) is 3.27.